The SMILES string of the molecule is CN(C)c1cccc(-n2cnc3c2CCNC3)c1. The third-order valence-corrected chi connectivity index (χ3v) is 3.41. The number of hydrogen-bond acceptors (Lipinski definition) is 3. The first kappa shape index (κ1) is 11.3. The largest absolute Gasteiger partial charge is 0.378 e. The summed E-state index contributed by atoms with van der Waals surface area (Å²) in [6.45, 7) is 1.92. The van der Waals surface area contributed by atoms with Crippen LogP contribution in [-0.2, 0) is 13.0 Å². The van der Waals surface area contributed by atoms with Crippen LogP contribution in [0.4, 0.5) is 5.69 Å². The summed E-state index contributed by atoms with van der Waals surface area (Å²) < 4.78 is 2.21. The third-order valence-electron chi connectivity index (χ3n) is 3.41. The van der Waals surface area contributed by atoms with Crippen molar-refractivity contribution in [3.05, 3.63) is 42.0 Å². The molecule has 0 spiro atoms. The lowest BCUT2D eigenvalue weighted by molar-refractivity contribution is 0.620. The van der Waals surface area contributed by atoms with Gasteiger partial charge in [-0.05, 0) is 18.2 Å². The van der Waals surface area contributed by atoms with Gasteiger partial charge in [-0.3, -0.25) is 0 Å². The average molecular weight is 242 g/mol. The Morgan fingerprint density at radius 1 is 1.33 bits per heavy atom. The molecule has 2 aromatic rings. The molecule has 0 amide bonds. The van der Waals surface area contributed by atoms with E-state index in [0.717, 1.165) is 19.5 Å². The van der Waals surface area contributed by atoms with Crippen molar-refractivity contribution in [3.8, 4) is 5.69 Å². The minimum atomic E-state index is 0.885. The molecule has 4 heteroatoms. The van der Waals surface area contributed by atoms with Crippen molar-refractivity contribution in [2.24, 2.45) is 0 Å². The van der Waals surface area contributed by atoms with Crippen LogP contribution in [0.25, 0.3) is 5.69 Å². The van der Waals surface area contributed by atoms with Gasteiger partial charge in [-0.1, -0.05) is 6.07 Å². The summed E-state index contributed by atoms with van der Waals surface area (Å²) in [6.07, 6.45) is 2.98. The standard InChI is InChI=1S/C14H18N4/c1-17(2)11-4-3-5-12(8-11)18-10-16-13-9-15-7-6-14(13)18/h3-5,8,10,15H,6-7,9H2,1-2H3. The summed E-state index contributed by atoms with van der Waals surface area (Å²) in [7, 11) is 4.12. The number of hydrogen-bond donors (Lipinski definition) is 1. The molecule has 0 radical (unpaired) electrons. The molecule has 94 valence electrons. The van der Waals surface area contributed by atoms with Gasteiger partial charge in [0.15, 0.2) is 0 Å². The lowest BCUT2D eigenvalue weighted by atomic mass is 10.1. The van der Waals surface area contributed by atoms with Crippen LogP contribution < -0.4 is 10.2 Å². The predicted molar refractivity (Wildman–Crippen MR) is 73.3 cm³/mol. The Morgan fingerprint density at radius 3 is 3.06 bits per heavy atom. The van der Waals surface area contributed by atoms with Crippen molar-refractivity contribution in [1.82, 2.24) is 14.9 Å². The average Bonchev–Trinajstić information content (AvgIpc) is 2.82. The Hall–Kier alpha value is -1.81. The second kappa shape index (κ2) is 4.46. The third kappa shape index (κ3) is 1.88. The molecule has 3 rings (SSSR count). The Kier molecular flexibility index (Phi) is 2.80. The summed E-state index contributed by atoms with van der Waals surface area (Å²) in [5, 5.41) is 3.35. The van der Waals surface area contributed by atoms with Gasteiger partial charge in [0.1, 0.15) is 0 Å². The first-order chi connectivity index (χ1) is 8.75. The van der Waals surface area contributed by atoms with Gasteiger partial charge in [0.05, 0.1) is 12.0 Å². The molecule has 2 heterocycles. The van der Waals surface area contributed by atoms with Crippen molar-refractivity contribution in [2.45, 2.75) is 13.0 Å². The Bertz CT molecular complexity index is 557. The maximum Gasteiger partial charge on any atom is 0.0998 e. The molecule has 0 unspecified atom stereocenters. The second-order valence-electron chi connectivity index (χ2n) is 4.85. The van der Waals surface area contributed by atoms with Crippen LogP contribution in [0.1, 0.15) is 11.4 Å². The minimum absolute atomic E-state index is 0.885. The zero-order valence-corrected chi connectivity index (χ0v) is 10.8. The van der Waals surface area contributed by atoms with E-state index in [4.69, 9.17) is 0 Å². The lowest BCUT2D eigenvalue weighted by Gasteiger charge is -2.17. The highest BCUT2D eigenvalue weighted by atomic mass is 15.1. The van der Waals surface area contributed by atoms with Gasteiger partial charge in [0.2, 0.25) is 0 Å². The van der Waals surface area contributed by atoms with Crippen LogP contribution in [0.5, 0.6) is 0 Å². The van der Waals surface area contributed by atoms with Crippen molar-refractivity contribution < 1.29 is 0 Å². The molecule has 0 atom stereocenters. The fraction of sp³-hybridized carbons (Fsp3) is 0.357. The van der Waals surface area contributed by atoms with Crippen molar-refractivity contribution in [1.29, 1.82) is 0 Å². The van der Waals surface area contributed by atoms with Crippen LogP contribution in [0.3, 0.4) is 0 Å². The summed E-state index contributed by atoms with van der Waals surface area (Å²) in [6, 6.07) is 8.55. The topological polar surface area (TPSA) is 33.1 Å². The van der Waals surface area contributed by atoms with E-state index in [1.54, 1.807) is 0 Å². The zero-order valence-electron chi connectivity index (χ0n) is 10.8. The first-order valence-electron chi connectivity index (χ1n) is 6.29. The van der Waals surface area contributed by atoms with E-state index < -0.39 is 0 Å². The van der Waals surface area contributed by atoms with Gasteiger partial charge in [-0.2, -0.15) is 0 Å². The molecule has 4 nitrogen and oxygen atoms in total. The van der Waals surface area contributed by atoms with Gasteiger partial charge < -0.3 is 14.8 Å². The minimum Gasteiger partial charge on any atom is -0.378 e. The van der Waals surface area contributed by atoms with Crippen LogP contribution >= 0.6 is 0 Å². The summed E-state index contributed by atoms with van der Waals surface area (Å²) in [5.41, 5.74) is 4.92. The van der Waals surface area contributed by atoms with E-state index in [1.165, 1.54) is 22.8 Å². The van der Waals surface area contributed by atoms with E-state index in [2.05, 4.69) is 58.1 Å². The van der Waals surface area contributed by atoms with E-state index in [1.807, 2.05) is 6.33 Å². The maximum atomic E-state index is 4.49. The maximum absolute atomic E-state index is 4.49. The number of nitrogens with one attached hydrogen (secondary N) is 1. The molecular formula is C14H18N4. The lowest BCUT2D eigenvalue weighted by Crippen LogP contribution is -2.24. The van der Waals surface area contributed by atoms with Gasteiger partial charge in [0.25, 0.3) is 0 Å². The molecule has 1 aliphatic heterocycles. The molecule has 0 bridgehead atoms. The van der Waals surface area contributed by atoms with E-state index in [0.29, 0.717) is 0 Å². The van der Waals surface area contributed by atoms with Crippen LogP contribution in [-0.4, -0.2) is 30.2 Å². The first-order valence-corrected chi connectivity index (χ1v) is 6.29. The molecular weight excluding hydrogens is 224 g/mol. The van der Waals surface area contributed by atoms with Crippen molar-refractivity contribution in [3.63, 3.8) is 0 Å². The molecule has 0 aliphatic carbocycles. The second-order valence-corrected chi connectivity index (χ2v) is 4.85. The molecule has 1 aromatic carbocycles. The predicted octanol–water partition coefficient (Wildman–Crippen LogP) is 1.58. The summed E-state index contributed by atoms with van der Waals surface area (Å²) in [4.78, 5) is 6.61. The van der Waals surface area contributed by atoms with Crippen molar-refractivity contribution >= 4 is 5.69 Å². The van der Waals surface area contributed by atoms with Gasteiger partial charge in [-0.25, -0.2) is 4.98 Å². The fourth-order valence-corrected chi connectivity index (χ4v) is 2.38. The van der Waals surface area contributed by atoms with Gasteiger partial charge in [-0.15, -0.1) is 0 Å². The van der Waals surface area contributed by atoms with Crippen LogP contribution in [0.2, 0.25) is 0 Å². The summed E-state index contributed by atoms with van der Waals surface area (Å²) >= 11 is 0. The molecule has 1 N–H and O–H groups in total. The Labute approximate surface area is 107 Å². The fourth-order valence-electron chi connectivity index (χ4n) is 2.38. The molecule has 1 aromatic heterocycles. The number of rotatable bonds is 2. The number of imidazole rings is 1. The van der Waals surface area contributed by atoms with Gasteiger partial charge in [0, 0.05) is 50.7 Å². The zero-order chi connectivity index (χ0) is 12.5. The van der Waals surface area contributed by atoms with Crippen LogP contribution in [0.15, 0.2) is 30.6 Å². The molecule has 0 fully saturated rings. The molecule has 0 saturated heterocycles. The van der Waals surface area contributed by atoms with E-state index in [-0.39, 0.29) is 0 Å². The Morgan fingerprint density at radius 2 is 2.22 bits per heavy atom. The van der Waals surface area contributed by atoms with Crippen LogP contribution in [0, 0.1) is 0 Å². The number of nitrogens with zero attached hydrogens (tertiary/aromatic N) is 3. The van der Waals surface area contributed by atoms with Crippen molar-refractivity contribution in [2.75, 3.05) is 25.5 Å². The normalized spacial score (nSPS) is 14.3. The Balaban J connectivity index is 2.04. The summed E-state index contributed by atoms with van der Waals surface area (Å²) in [5.74, 6) is 0. The highest BCUT2D eigenvalue weighted by Crippen LogP contribution is 2.21. The number of fused-ring (bicyclic) bond motifs is 1. The molecule has 18 heavy (non-hydrogen) atoms. The quantitative estimate of drug-likeness (QED) is 0.868. The number of benzene rings is 1. The highest BCUT2D eigenvalue weighted by Gasteiger charge is 2.15. The molecule has 0 saturated carbocycles. The molecule has 1 aliphatic rings. The number of aromatic nitrogens is 2. The van der Waals surface area contributed by atoms with E-state index >= 15 is 0 Å². The monoisotopic (exact) mass is 242 g/mol. The highest BCUT2D eigenvalue weighted by molar-refractivity contribution is 5.53. The van der Waals surface area contributed by atoms with Gasteiger partial charge >= 0.3 is 0 Å². The van der Waals surface area contributed by atoms with E-state index in [9.17, 15) is 0 Å². The smallest absolute Gasteiger partial charge is 0.0998 e. The number of anilines is 1.